The molecule has 0 saturated heterocycles. The Labute approximate surface area is 138 Å². The summed E-state index contributed by atoms with van der Waals surface area (Å²) < 4.78 is 4.86. The molecule has 0 atom stereocenters. The summed E-state index contributed by atoms with van der Waals surface area (Å²) in [5.41, 5.74) is 8.24. The van der Waals surface area contributed by atoms with E-state index in [4.69, 9.17) is 4.74 Å². The number of benzene rings is 3. The second-order valence-electron chi connectivity index (χ2n) is 6.64. The molecule has 0 N–H and O–H groups in total. The van der Waals surface area contributed by atoms with Gasteiger partial charge in [-0.05, 0) is 65.6 Å². The third-order valence-corrected chi connectivity index (χ3v) is 5.15. The number of carbonyl (C=O) groups excluding carboxylic acids is 2. The number of carbonyl (C=O) groups is 2. The van der Waals surface area contributed by atoms with E-state index in [-0.39, 0.29) is 0 Å². The van der Waals surface area contributed by atoms with E-state index in [0.717, 1.165) is 28.3 Å². The molecule has 0 radical (unpaired) electrons. The summed E-state index contributed by atoms with van der Waals surface area (Å²) in [6.07, 6.45) is 0.817. The standard InChI is InChI=1S/C21H14O3/c1-10-7-11(2)16-9-12-3-4-14-19-15(21(23)24-20(14)22)6-5-13(18(12)19)17(16)8-10/h3-8H,9H2,1-2H3. The van der Waals surface area contributed by atoms with Gasteiger partial charge in [0.05, 0.1) is 11.1 Å². The molecule has 0 amide bonds. The lowest BCUT2D eigenvalue weighted by molar-refractivity contribution is 0.0391. The Morgan fingerprint density at radius 1 is 0.792 bits per heavy atom. The van der Waals surface area contributed by atoms with E-state index >= 15 is 0 Å². The second-order valence-corrected chi connectivity index (χ2v) is 6.64. The van der Waals surface area contributed by atoms with Gasteiger partial charge in [0.25, 0.3) is 0 Å². The highest BCUT2D eigenvalue weighted by atomic mass is 16.6. The van der Waals surface area contributed by atoms with Gasteiger partial charge in [0.2, 0.25) is 0 Å². The Hall–Kier alpha value is -2.94. The van der Waals surface area contributed by atoms with Gasteiger partial charge in [-0.25, -0.2) is 9.59 Å². The van der Waals surface area contributed by atoms with E-state index in [1.165, 1.54) is 22.3 Å². The van der Waals surface area contributed by atoms with Crippen molar-refractivity contribution in [3.63, 3.8) is 0 Å². The molecule has 1 heterocycles. The number of cyclic esters (lactones) is 2. The zero-order valence-corrected chi connectivity index (χ0v) is 13.4. The van der Waals surface area contributed by atoms with Gasteiger partial charge in [0.15, 0.2) is 0 Å². The Bertz CT molecular complexity index is 1090. The predicted octanol–water partition coefficient (Wildman–Crippen LogP) is 4.34. The van der Waals surface area contributed by atoms with Crippen LogP contribution >= 0.6 is 0 Å². The molecule has 3 heteroatoms. The lowest BCUT2D eigenvalue weighted by atomic mass is 9.79. The van der Waals surface area contributed by atoms with Crippen molar-refractivity contribution in [1.29, 1.82) is 0 Å². The number of hydrogen-bond donors (Lipinski definition) is 0. The fraction of sp³-hybridized carbons (Fsp3) is 0.143. The SMILES string of the molecule is Cc1cc(C)c2c(c1)-c1ccc3c4c(ccc(c14)C2)C(=O)OC3=O. The van der Waals surface area contributed by atoms with E-state index < -0.39 is 11.9 Å². The second kappa shape index (κ2) is 4.32. The zero-order chi connectivity index (χ0) is 16.6. The van der Waals surface area contributed by atoms with Crippen LogP contribution in [-0.4, -0.2) is 11.9 Å². The number of rotatable bonds is 0. The summed E-state index contributed by atoms with van der Waals surface area (Å²) in [4.78, 5) is 24.2. The summed E-state index contributed by atoms with van der Waals surface area (Å²) >= 11 is 0. The van der Waals surface area contributed by atoms with E-state index in [0.29, 0.717) is 11.1 Å². The van der Waals surface area contributed by atoms with Crippen LogP contribution in [0.3, 0.4) is 0 Å². The molecule has 5 rings (SSSR count). The topological polar surface area (TPSA) is 43.4 Å². The highest BCUT2D eigenvalue weighted by Crippen LogP contribution is 2.44. The van der Waals surface area contributed by atoms with E-state index in [9.17, 15) is 9.59 Å². The minimum Gasteiger partial charge on any atom is -0.386 e. The number of ether oxygens (including phenoxy) is 1. The predicted molar refractivity (Wildman–Crippen MR) is 91.4 cm³/mol. The molecule has 3 nitrogen and oxygen atoms in total. The maximum absolute atomic E-state index is 12.1. The highest BCUT2D eigenvalue weighted by Gasteiger charge is 2.31. The van der Waals surface area contributed by atoms with Crippen LogP contribution < -0.4 is 0 Å². The molecule has 2 aliphatic rings. The molecule has 1 aliphatic carbocycles. The van der Waals surface area contributed by atoms with Crippen molar-refractivity contribution in [2.75, 3.05) is 0 Å². The fourth-order valence-corrected chi connectivity index (χ4v) is 4.14. The Kier molecular flexibility index (Phi) is 2.43. The average molecular weight is 314 g/mol. The number of fused-ring (bicyclic) bond motifs is 2. The summed E-state index contributed by atoms with van der Waals surface area (Å²) in [6, 6.07) is 11.9. The van der Waals surface area contributed by atoms with Gasteiger partial charge in [-0.1, -0.05) is 29.8 Å². The maximum atomic E-state index is 12.1. The van der Waals surface area contributed by atoms with Gasteiger partial charge >= 0.3 is 11.9 Å². The molecule has 0 aromatic heterocycles. The molecule has 0 fully saturated rings. The molecule has 0 unspecified atom stereocenters. The van der Waals surface area contributed by atoms with E-state index in [1.807, 2.05) is 12.1 Å². The smallest absolute Gasteiger partial charge is 0.346 e. The van der Waals surface area contributed by atoms with Crippen molar-refractivity contribution in [1.82, 2.24) is 0 Å². The first-order valence-corrected chi connectivity index (χ1v) is 8.00. The first-order valence-electron chi connectivity index (χ1n) is 8.00. The lowest BCUT2D eigenvalue weighted by Crippen LogP contribution is -2.20. The van der Waals surface area contributed by atoms with Gasteiger partial charge in [-0.3, -0.25) is 0 Å². The monoisotopic (exact) mass is 314 g/mol. The first kappa shape index (κ1) is 13.5. The first-order chi connectivity index (χ1) is 11.5. The zero-order valence-electron chi connectivity index (χ0n) is 13.4. The number of hydrogen-bond acceptors (Lipinski definition) is 3. The molecule has 0 bridgehead atoms. The van der Waals surface area contributed by atoms with Crippen LogP contribution in [0.5, 0.6) is 0 Å². The molecule has 1 aliphatic heterocycles. The van der Waals surface area contributed by atoms with Gasteiger partial charge in [0, 0.05) is 5.39 Å². The van der Waals surface area contributed by atoms with E-state index in [2.05, 4.69) is 26.0 Å². The summed E-state index contributed by atoms with van der Waals surface area (Å²) in [7, 11) is 0. The van der Waals surface area contributed by atoms with Gasteiger partial charge in [-0.15, -0.1) is 0 Å². The van der Waals surface area contributed by atoms with Gasteiger partial charge in [0.1, 0.15) is 0 Å². The highest BCUT2D eigenvalue weighted by molar-refractivity contribution is 6.23. The Morgan fingerprint density at radius 2 is 1.46 bits per heavy atom. The van der Waals surface area contributed by atoms with E-state index in [1.54, 1.807) is 12.1 Å². The minimum atomic E-state index is -0.553. The molecular weight excluding hydrogens is 300 g/mol. The van der Waals surface area contributed by atoms with Crippen molar-refractivity contribution < 1.29 is 14.3 Å². The molecule has 0 saturated carbocycles. The minimum absolute atomic E-state index is 0.484. The molecule has 3 aromatic rings. The normalized spacial score (nSPS) is 14.6. The molecule has 0 spiro atoms. The summed E-state index contributed by atoms with van der Waals surface area (Å²) in [6.45, 7) is 4.23. The van der Waals surface area contributed by atoms with Crippen molar-refractivity contribution in [3.8, 4) is 11.1 Å². The van der Waals surface area contributed by atoms with Crippen LogP contribution in [0.2, 0.25) is 0 Å². The molecule has 3 aromatic carbocycles. The third-order valence-electron chi connectivity index (χ3n) is 5.15. The van der Waals surface area contributed by atoms with Crippen molar-refractivity contribution in [2.24, 2.45) is 0 Å². The molecule has 24 heavy (non-hydrogen) atoms. The molecular formula is C21H14O3. The van der Waals surface area contributed by atoms with Gasteiger partial charge < -0.3 is 4.74 Å². The average Bonchev–Trinajstić information content (AvgIpc) is 2.55. The summed E-state index contributed by atoms with van der Waals surface area (Å²) in [5, 5.41) is 1.77. The largest absolute Gasteiger partial charge is 0.386 e. The fourth-order valence-electron chi connectivity index (χ4n) is 4.14. The van der Waals surface area contributed by atoms with Crippen LogP contribution in [0.15, 0.2) is 36.4 Å². The molecule has 116 valence electrons. The third kappa shape index (κ3) is 1.56. The van der Waals surface area contributed by atoms with Crippen LogP contribution in [0.25, 0.3) is 21.9 Å². The van der Waals surface area contributed by atoms with Crippen molar-refractivity contribution >= 4 is 22.7 Å². The van der Waals surface area contributed by atoms with Crippen LogP contribution in [0.4, 0.5) is 0 Å². The van der Waals surface area contributed by atoms with Crippen molar-refractivity contribution in [3.05, 3.63) is 69.8 Å². The van der Waals surface area contributed by atoms with Crippen LogP contribution in [-0.2, 0) is 11.2 Å². The number of esters is 2. The van der Waals surface area contributed by atoms with Gasteiger partial charge in [-0.2, -0.15) is 0 Å². The quantitative estimate of drug-likeness (QED) is 0.358. The van der Waals surface area contributed by atoms with Crippen molar-refractivity contribution in [2.45, 2.75) is 20.3 Å². The van der Waals surface area contributed by atoms with Crippen LogP contribution in [0, 0.1) is 13.8 Å². The maximum Gasteiger partial charge on any atom is 0.346 e. The Morgan fingerprint density at radius 3 is 2.21 bits per heavy atom. The Balaban J connectivity index is 1.98. The summed E-state index contributed by atoms with van der Waals surface area (Å²) in [5.74, 6) is -1.11. The van der Waals surface area contributed by atoms with Crippen LogP contribution in [0.1, 0.15) is 43.0 Å². The number of aryl methyl sites for hydroxylation is 2. The lowest BCUT2D eigenvalue weighted by Gasteiger charge is -2.26.